The standard InChI is InChI=1S/C29H26F4N6O6S/c1-27(25(35)43)12-45-22-16(27)9-20(38-21(22)13-2-5-15(30)6-3-13)28(44,29(31,32)33)11-36-23(41)14-4-7-18-19(8-14)46-26(37-18)39-24(42)17(34)10-40/h2-9,17,40,44H,10-12,34H2,1H3,(H2,35,43)(H,36,41)(H,37,39,42)/t17-,27-,28-/m0/s1. The Kier molecular flexibility index (Phi) is 8.45. The fourth-order valence-corrected chi connectivity index (χ4v) is 5.56. The third-order valence-electron chi connectivity index (χ3n) is 7.55. The van der Waals surface area contributed by atoms with E-state index in [0.29, 0.717) is 10.2 Å². The van der Waals surface area contributed by atoms with E-state index in [2.05, 4.69) is 20.6 Å². The van der Waals surface area contributed by atoms with E-state index in [9.17, 15) is 37.1 Å². The molecule has 1 aliphatic rings. The summed E-state index contributed by atoms with van der Waals surface area (Å²) < 4.78 is 63.6. The molecule has 0 spiro atoms. The lowest BCUT2D eigenvalue weighted by molar-refractivity contribution is -0.265. The van der Waals surface area contributed by atoms with E-state index in [0.717, 1.165) is 29.5 Å². The number of carbonyl (C=O) groups excluding carboxylic acids is 3. The van der Waals surface area contributed by atoms with Gasteiger partial charge in [-0.15, -0.1) is 0 Å². The number of aromatic nitrogens is 2. The maximum absolute atomic E-state index is 14.7. The Morgan fingerprint density at radius 2 is 1.83 bits per heavy atom. The predicted molar refractivity (Wildman–Crippen MR) is 157 cm³/mol. The van der Waals surface area contributed by atoms with E-state index < -0.39 is 65.6 Å². The van der Waals surface area contributed by atoms with Crippen LogP contribution >= 0.6 is 11.3 Å². The van der Waals surface area contributed by atoms with E-state index in [1.54, 1.807) is 0 Å². The number of thiazole rings is 1. The van der Waals surface area contributed by atoms with Crippen LogP contribution in [0.4, 0.5) is 22.7 Å². The van der Waals surface area contributed by atoms with E-state index in [-0.39, 0.29) is 39.9 Å². The van der Waals surface area contributed by atoms with Crippen molar-refractivity contribution in [3.05, 3.63) is 71.2 Å². The number of nitrogens with two attached hydrogens (primary N) is 2. The highest BCUT2D eigenvalue weighted by atomic mass is 32.1. The van der Waals surface area contributed by atoms with Gasteiger partial charge in [0.1, 0.15) is 35.3 Å². The first kappa shape index (κ1) is 32.7. The van der Waals surface area contributed by atoms with Crippen molar-refractivity contribution in [2.24, 2.45) is 11.5 Å². The number of ether oxygens (including phenoxy) is 1. The quantitative estimate of drug-likeness (QED) is 0.145. The summed E-state index contributed by atoms with van der Waals surface area (Å²) in [6.07, 6.45) is -5.39. The van der Waals surface area contributed by atoms with Crippen molar-refractivity contribution in [1.29, 1.82) is 0 Å². The number of nitrogens with zero attached hydrogens (tertiary/aromatic N) is 2. The van der Waals surface area contributed by atoms with Gasteiger partial charge in [0, 0.05) is 16.7 Å². The number of amides is 3. The number of hydrogen-bond donors (Lipinski definition) is 6. The SMILES string of the molecule is C[C@]1(C(N)=O)COc2c1cc([C@@](O)(CNC(=O)c1ccc3nc(NC(=O)[C@@H](N)CO)sc3c1)C(F)(F)F)nc2-c1ccc(F)cc1. The Labute approximate surface area is 261 Å². The highest BCUT2D eigenvalue weighted by molar-refractivity contribution is 7.22. The van der Waals surface area contributed by atoms with Crippen LogP contribution in [-0.2, 0) is 20.6 Å². The minimum Gasteiger partial charge on any atom is -0.489 e. The summed E-state index contributed by atoms with van der Waals surface area (Å²) in [6.45, 7) is -0.948. The topological polar surface area (TPSA) is 203 Å². The van der Waals surface area contributed by atoms with Gasteiger partial charge in [-0.25, -0.2) is 14.4 Å². The molecule has 17 heteroatoms. The number of nitrogens with one attached hydrogen (secondary N) is 2. The average Bonchev–Trinajstić information content (AvgIpc) is 3.58. The van der Waals surface area contributed by atoms with Crippen LogP contribution in [0.3, 0.4) is 0 Å². The Morgan fingerprint density at radius 1 is 1.13 bits per heavy atom. The molecule has 8 N–H and O–H groups in total. The minimum absolute atomic E-state index is 0.0584. The van der Waals surface area contributed by atoms with Crippen LogP contribution in [0.2, 0.25) is 0 Å². The number of aliphatic hydroxyl groups is 2. The van der Waals surface area contributed by atoms with Crippen LogP contribution in [0.1, 0.15) is 28.5 Å². The smallest absolute Gasteiger partial charge is 0.424 e. The molecule has 3 atom stereocenters. The maximum atomic E-state index is 14.7. The van der Waals surface area contributed by atoms with Crippen molar-refractivity contribution in [2.75, 3.05) is 25.1 Å². The molecule has 242 valence electrons. The van der Waals surface area contributed by atoms with Crippen molar-refractivity contribution in [3.8, 4) is 17.0 Å². The number of pyridine rings is 1. The summed E-state index contributed by atoms with van der Waals surface area (Å²) >= 11 is 0.951. The second-order valence-electron chi connectivity index (χ2n) is 10.7. The number of rotatable bonds is 9. The molecule has 0 bridgehead atoms. The molecule has 5 rings (SSSR count). The van der Waals surface area contributed by atoms with Crippen molar-refractivity contribution >= 4 is 44.4 Å². The third kappa shape index (κ3) is 5.84. The molecular weight excluding hydrogens is 636 g/mol. The number of halogens is 4. The van der Waals surface area contributed by atoms with Crippen molar-refractivity contribution in [3.63, 3.8) is 0 Å². The lowest BCUT2D eigenvalue weighted by Gasteiger charge is -2.31. The number of alkyl halides is 3. The van der Waals surface area contributed by atoms with Gasteiger partial charge < -0.3 is 37.1 Å². The first-order chi connectivity index (χ1) is 21.6. The molecule has 46 heavy (non-hydrogen) atoms. The van der Waals surface area contributed by atoms with Crippen LogP contribution in [0.5, 0.6) is 5.75 Å². The minimum atomic E-state index is -5.39. The number of benzene rings is 2. The zero-order chi connectivity index (χ0) is 33.6. The van der Waals surface area contributed by atoms with E-state index in [1.807, 2.05) is 0 Å². The first-order valence-corrected chi connectivity index (χ1v) is 14.3. The summed E-state index contributed by atoms with van der Waals surface area (Å²) in [5.74, 6) is -3.28. The lowest BCUT2D eigenvalue weighted by Crippen LogP contribution is -2.51. The van der Waals surface area contributed by atoms with Crippen LogP contribution in [0.25, 0.3) is 21.5 Å². The average molecular weight is 663 g/mol. The molecule has 3 amide bonds. The van der Waals surface area contributed by atoms with Gasteiger partial charge >= 0.3 is 6.18 Å². The second-order valence-corrected chi connectivity index (χ2v) is 11.8. The van der Waals surface area contributed by atoms with Crippen LogP contribution in [-0.4, -0.2) is 69.9 Å². The fraction of sp³-hybridized carbons (Fsp3) is 0.276. The van der Waals surface area contributed by atoms with Gasteiger partial charge in [0.15, 0.2) is 5.13 Å². The molecule has 0 saturated heterocycles. The summed E-state index contributed by atoms with van der Waals surface area (Å²) in [7, 11) is 0. The van der Waals surface area contributed by atoms with Gasteiger partial charge in [0.2, 0.25) is 17.4 Å². The van der Waals surface area contributed by atoms with Gasteiger partial charge in [-0.05, 0) is 55.5 Å². The molecule has 0 radical (unpaired) electrons. The van der Waals surface area contributed by atoms with Crippen LogP contribution in [0.15, 0.2) is 48.5 Å². The maximum Gasteiger partial charge on any atom is 0.424 e. The third-order valence-corrected chi connectivity index (χ3v) is 8.48. The Bertz CT molecular complexity index is 1850. The summed E-state index contributed by atoms with van der Waals surface area (Å²) in [6, 6.07) is 8.27. The van der Waals surface area contributed by atoms with Crippen LogP contribution < -0.4 is 26.8 Å². The summed E-state index contributed by atoms with van der Waals surface area (Å²) in [4.78, 5) is 45.6. The van der Waals surface area contributed by atoms with E-state index >= 15 is 0 Å². The Hall–Kier alpha value is -4.71. The highest BCUT2D eigenvalue weighted by Gasteiger charge is 2.57. The lowest BCUT2D eigenvalue weighted by atomic mass is 9.81. The Balaban J connectivity index is 1.49. The van der Waals surface area contributed by atoms with Crippen molar-refractivity contribution in [2.45, 2.75) is 30.2 Å². The predicted octanol–water partition coefficient (Wildman–Crippen LogP) is 2.07. The zero-order valence-electron chi connectivity index (χ0n) is 23.8. The molecule has 0 unspecified atom stereocenters. The van der Waals surface area contributed by atoms with E-state index in [1.165, 1.54) is 37.3 Å². The number of primary amides is 1. The molecule has 0 fully saturated rings. The highest BCUT2D eigenvalue weighted by Crippen LogP contribution is 2.47. The van der Waals surface area contributed by atoms with Gasteiger partial charge in [-0.1, -0.05) is 11.3 Å². The number of hydrogen-bond acceptors (Lipinski definition) is 10. The number of anilines is 1. The largest absolute Gasteiger partial charge is 0.489 e. The van der Waals surface area contributed by atoms with E-state index in [4.69, 9.17) is 21.3 Å². The molecule has 4 aromatic rings. The molecule has 2 aromatic carbocycles. The summed E-state index contributed by atoms with van der Waals surface area (Å²) in [5.41, 5.74) is 4.85. The summed E-state index contributed by atoms with van der Waals surface area (Å²) in [5, 5.41) is 24.9. The molecule has 0 saturated carbocycles. The number of carbonyl (C=O) groups is 3. The van der Waals surface area contributed by atoms with Crippen LogP contribution in [0, 0.1) is 5.82 Å². The fourth-order valence-electron chi connectivity index (χ4n) is 4.65. The molecule has 12 nitrogen and oxygen atoms in total. The number of fused-ring (bicyclic) bond motifs is 2. The molecular formula is C29H26F4N6O6S. The molecule has 1 aliphatic heterocycles. The van der Waals surface area contributed by atoms with Gasteiger partial charge in [0.25, 0.3) is 5.91 Å². The molecule has 2 aromatic heterocycles. The first-order valence-electron chi connectivity index (χ1n) is 13.5. The Morgan fingerprint density at radius 3 is 2.46 bits per heavy atom. The normalized spacial score (nSPS) is 17.9. The number of aliphatic hydroxyl groups excluding tert-OH is 1. The molecule has 0 aliphatic carbocycles. The second kappa shape index (κ2) is 11.9. The molecule has 3 heterocycles. The van der Waals surface area contributed by atoms with Gasteiger partial charge in [0.05, 0.1) is 29.1 Å². The van der Waals surface area contributed by atoms with Gasteiger partial charge in [-0.2, -0.15) is 13.2 Å². The zero-order valence-corrected chi connectivity index (χ0v) is 24.6. The van der Waals surface area contributed by atoms with Crippen molar-refractivity contribution < 1.29 is 46.9 Å². The van der Waals surface area contributed by atoms with Crippen molar-refractivity contribution in [1.82, 2.24) is 15.3 Å². The monoisotopic (exact) mass is 662 g/mol. The van der Waals surface area contributed by atoms with Gasteiger partial charge in [-0.3, -0.25) is 14.4 Å².